The van der Waals surface area contributed by atoms with E-state index in [0.717, 1.165) is 12.0 Å². The third kappa shape index (κ3) is 2.78. The van der Waals surface area contributed by atoms with E-state index in [1.807, 2.05) is 6.07 Å². The number of hydrogen-bond acceptors (Lipinski definition) is 0. The summed E-state index contributed by atoms with van der Waals surface area (Å²) in [6.07, 6.45) is 8.57. The van der Waals surface area contributed by atoms with Crippen molar-refractivity contribution >= 4 is 0 Å². The van der Waals surface area contributed by atoms with Gasteiger partial charge in [-0.3, -0.25) is 0 Å². The van der Waals surface area contributed by atoms with Gasteiger partial charge in [0, 0.05) is 5.56 Å². The second-order valence-corrected chi connectivity index (χ2v) is 3.79. The third-order valence-electron chi connectivity index (χ3n) is 2.15. The first kappa shape index (κ1) is 10.6. The summed E-state index contributed by atoms with van der Waals surface area (Å²) in [6, 6.07) is 6.24. The van der Waals surface area contributed by atoms with Crippen molar-refractivity contribution in [3.8, 4) is 12.3 Å². The molecule has 0 N–H and O–H groups in total. The highest BCUT2D eigenvalue weighted by molar-refractivity contribution is 5.43. The van der Waals surface area contributed by atoms with Gasteiger partial charge in [0.15, 0.2) is 0 Å². The predicted molar refractivity (Wildman–Crippen MR) is 62.2 cm³/mol. The summed E-state index contributed by atoms with van der Waals surface area (Å²) in [5.74, 6) is 2.72. The molecule has 0 spiro atoms. The molecule has 0 aliphatic carbocycles. The maximum atomic E-state index is 5.44. The van der Waals surface area contributed by atoms with Crippen molar-refractivity contribution < 1.29 is 0 Å². The lowest BCUT2D eigenvalue weighted by Gasteiger charge is -2.03. The maximum Gasteiger partial charge on any atom is 0.0277 e. The molecule has 0 amide bonds. The van der Waals surface area contributed by atoms with E-state index in [2.05, 4.69) is 44.9 Å². The van der Waals surface area contributed by atoms with Crippen LogP contribution >= 0.6 is 0 Å². The van der Waals surface area contributed by atoms with E-state index in [1.54, 1.807) is 0 Å². The number of aryl methyl sites for hydroxylation is 1. The van der Waals surface area contributed by atoms with Crippen LogP contribution in [0.5, 0.6) is 0 Å². The van der Waals surface area contributed by atoms with Crippen LogP contribution < -0.4 is 0 Å². The SMILES string of the molecule is C#Cc1ccc(C)cc1CC=C(C)C. The minimum Gasteiger partial charge on any atom is -0.115 e. The topological polar surface area (TPSA) is 0 Å². The molecule has 0 radical (unpaired) electrons. The summed E-state index contributed by atoms with van der Waals surface area (Å²) in [5.41, 5.74) is 4.84. The fraction of sp³-hybridized carbons (Fsp3) is 0.286. The largest absolute Gasteiger partial charge is 0.115 e. The van der Waals surface area contributed by atoms with Gasteiger partial charge >= 0.3 is 0 Å². The lowest BCUT2D eigenvalue weighted by atomic mass is 10.0. The van der Waals surface area contributed by atoms with Gasteiger partial charge in [0.05, 0.1) is 0 Å². The Morgan fingerprint density at radius 2 is 2.14 bits per heavy atom. The van der Waals surface area contributed by atoms with E-state index in [9.17, 15) is 0 Å². The summed E-state index contributed by atoms with van der Waals surface area (Å²) in [4.78, 5) is 0. The highest BCUT2D eigenvalue weighted by Gasteiger charge is 1.98. The highest BCUT2D eigenvalue weighted by Crippen LogP contribution is 2.12. The molecule has 1 rings (SSSR count). The summed E-state index contributed by atoms with van der Waals surface area (Å²) in [7, 11) is 0. The van der Waals surface area contributed by atoms with Crippen LogP contribution in [0.15, 0.2) is 29.8 Å². The molecule has 1 aromatic rings. The molecule has 0 heterocycles. The van der Waals surface area contributed by atoms with Crippen molar-refractivity contribution in [1.29, 1.82) is 0 Å². The van der Waals surface area contributed by atoms with Crippen molar-refractivity contribution in [2.24, 2.45) is 0 Å². The Balaban J connectivity index is 3.01. The number of rotatable bonds is 2. The van der Waals surface area contributed by atoms with E-state index in [4.69, 9.17) is 6.42 Å². The molecule has 0 saturated heterocycles. The second kappa shape index (κ2) is 4.67. The van der Waals surface area contributed by atoms with E-state index in [0.29, 0.717) is 0 Å². The van der Waals surface area contributed by atoms with Gasteiger partial charge in [0.1, 0.15) is 0 Å². The van der Waals surface area contributed by atoms with Gasteiger partial charge in [-0.25, -0.2) is 0 Å². The monoisotopic (exact) mass is 184 g/mol. The Labute approximate surface area is 86.7 Å². The van der Waals surface area contributed by atoms with Crippen LogP contribution in [0.3, 0.4) is 0 Å². The van der Waals surface area contributed by atoms with Crippen LogP contribution in [-0.2, 0) is 6.42 Å². The summed E-state index contributed by atoms with van der Waals surface area (Å²) in [6.45, 7) is 6.29. The summed E-state index contributed by atoms with van der Waals surface area (Å²) >= 11 is 0. The number of terminal acetylenes is 1. The normalized spacial score (nSPS) is 9.29. The van der Waals surface area contributed by atoms with Crippen LogP contribution in [0.4, 0.5) is 0 Å². The van der Waals surface area contributed by atoms with Crippen LogP contribution in [0.1, 0.15) is 30.5 Å². The lowest BCUT2D eigenvalue weighted by Crippen LogP contribution is -1.89. The van der Waals surface area contributed by atoms with Crippen LogP contribution in [0, 0.1) is 19.3 Å². The zero-order valence-electron chi connectivity index (χ0n) is 9.09. The molecule has 0 nitrogen and oxygen atoms in total. The molecule has 0 aliphatic heterocycles. The van der Waals surface area contributed by atoms with Gasteiger partial charge in [0.25, 0.3) is 0 Å². The first-order valence-corrected chi connectivity index (χ1v) is 4.83. The molecular weight excluding hydrogens is 168 g/mol. The third-order valence-corrected chi connectivity index (χ3v) is 2.15. The lowest BCUT2D eigenvalue weighted by molar-refractivity contribution is 1.19. The first-order chi connectivity index (χ1) is 6.63. The molecule has 0 bridgehead atoms. The molecular formula is C14H16. The zero-order valence-corrected chi connectivity index (χ0v) is 9.09. The predicted octanol–water partition coefficient (Wildman–Crippen LogP) is 3.49. The van der Waals surface area contributed by atoms with Gasteiger partial charge in [-0.1, -0.05) is 35.3 Å². The minimum absolute atomic E-state index is 0.934. The zero-order chi connectivity index (χ0) is 10.6. The first-order valence-electron chi connectivity index (χ1n) is 4.83. The minimum atomic E-state index is 0.934. The smallest absolute Gasteiger partial charge is 0.0277 e. The summed E-state index contributed by atoms with van der Waals surface area (Å²) < 4.78 is 0. The average molecular weight is 184 g/mol. The van der Waals surface area contributed by atoms with Gasteiger partial charge < -0.3 is 0 Å². The molecule has 0 saturated carbocycles. The van der Waals surface area contributed by atoms with Crippen molar-refractivity contribution in [3.63, 3.8) is 0 Å². The molecule has 0 atom stereocenters. The van der Waals surface area contributed by atoms with Crippen LogP contribution in [0.25, 0.3) is 0 Å². The average Bonchev–Trinajstić information content (AvgIpc) is 2.15. The van der Waals surface area contributed by atoms with Gasteiger partial charge in [-0.05, 0) is 38.8 Å². The Bertz CT molecular complexity index is 385. The van der Waals surface area contributed by atoms with Crippen molar-refractivity contribution in [3.05, 3.63) is 46.5 Å². The number of benzene rings is 1. The Morgan fingerprint density at radius 3 is 2.71 bits per heavy atom. The Kier molecular flexibility index (Phi) is 3.54. The molecule has 14 heavy (non-hydrogen) atoms. The van der Waals surface area contributed by atoms with E-state index in [-0.39, 0.29) is 0 Å². The van der Waals surface area contributed by atoms with E-state index < -0.39 is 0 Å². The Hall–Kier alpha value is -1.48. The second-order valence-electron chi connectivity index (χ2n) is 3.79. The fourth-order valence-electron chi connectivity index (χ4n) is 1.35. The molecule has 0 aliphatic rings. The van der Waals surface area contributed by atoms with E-state index in [1.165, 1.54) is 16.7 Å². The summed E-state index contributed by atoms with van der Waals surface area (Å²) in [5, 5.41) is 0. The van der Waals surface area contributed by atoms with Gasteiger partial charge in [0.2, 0.25) is 0 Å². The van der Waals surface area contributed by atoms with Gasteiger partial charge in [-0.2, -0.15) is 0 Å². The van der Waals surface area contributed by atoms with Crippen molar-refractivity contribution in [1.82, 2.24) is 0 Å². The number of hydrogen-bond donors (Lipinski definition) is 0. The molecule has 72 valence electrons. The fourth-order valence-corrected chi connectivity index (χ4v) is 1.35. The molecule has 0 aromatic heterocycles. The quantitative estimate of drug-likeness (QED) is 0.487. The molecule has 0 fully saturated rings. The standard InChI is InChI=1S/C14H16/c1-5-13-9-7-12(4)10-14(13)8-6-11(2)3/h1,6-7,9-10H,8H2,2-4H3. The number of allylic oxidation sites excluding steroid dienone is 2. The van der Waals surface area contributed by atoms with Crippen LogP contribution in [0.2, 0.25) is 0 Å². The maximum absolute atomic E-state index is 5.44. The Morgan fingerprint density at radius 1 is 1.43 bits per heavy atom. The van der Waals surface area contributed by atoms with Crippen molar-refractivity contribution in [2.45, 2.75) is 27.2 Å². The van der Waals surface area contributed by atoms with Crippen LogP contribution in [-0.4, -0.2) is 0 Å². The highest BCUT2D eigenvalue weighted by atomic mass is 14.0. The molecule has 1 aromatic carbocycles. The van der Waals surface area contributed by atoms with Crippen molar-refractivity contribution in [2.75, 3.05) is 0 Å². The van der Waals surface area contributed by atoms with E-state index >= 15 is 0 Å². The molecule has 0 unspecified atom stereocenters. The molecule has 0 heteroatoms. The van der Waals surface area contributed by atoms with Gasteiger partial charge in [-0.15, -0.1) is 6.42 Å².